The van der Waals surface area contributed by atoms with Gasteiger partial charge in [-0.05, 0) is 30.7 Å². The fraction of sp³-hybridized carbons (Fsp3) is 0.250. The third-order valence-electron chi connectivity index (χ3n) is 3.50. The number of hydrogen-bond acceptors (Lipinski definition) is 4. The summed E-state index contributed by atoms with van der Waals surface area (Å²) >= 11 is 0. The van der Waals surface area contributed by atoms with Gasteiger partial charge in [0.25, 0.3) is 6.43 Å². The molecule has 0 spiro atoms. The number of benzene rings is 1. The molecule has 0 unspecified atom stereocenters. The molecule has 136 valence electrons. The van der Waals surface area contributed by atoms with Gasteiger partial charge in [-0.15, -0.1) is 5.10 Å². The van der Waals surface area contributed by atoms with E-state index in [9.17, 15) is 18.0 Å². The molecule has 10 heteroatoms. The molecule has 3 aromatic rings. The zero-order valence-corrected chi connectivity index (χ0v) is 13.7. The molecule has 1 aromatic carbocycles. The van der Waals surface area contributed by atoms with Crippen LogP contribution in [0.25, 0.3) is 0 Å². The van der Waals surface area contributed by atoms with Crippen molar-refractivity contribution in [3.05, 3.63) is 59.4 Å². The third-order valence-corrected chi connectivity index (χ3v) is 3.50. The van der Waals surface area contributed by atoms with Crippen molar-refractivity contribution >= 4 is 11.9 Å². The summed E-state index contributed by atoms with van der Waals surface area (Å²) in [6, 6.07) is 7.12. The summed E-state index contributed by atoms with van der Waals surface area (Å²) in [5.41, 5.74) is 0.880. The molecular formula is C16H15F3N6O. The minimum absolute atomic E-state index is 0.0413. The number of alkyl halides is 2. The van der Waals surface area contributed by atoms with Crippen molar-refractivity contribution in [1.82, 2.24) is 24.5 Å². The molecular weight excluding hydrogens is 349 g/mol. The zero-order valence-electron chi connectivity index (χ0n) is 13.7. The number of carbonyl (C=O) groups excluding carboxylic acids is 1. The third kappa shape index (κ3) is 4.26. The van der Waals surface area contributed by atoms with Gasteiger partial charge in [-0.2, -0.15) is 5.10 Å². The van der Waals surface area contributed by atoms with Gasteiger partial charge in [0, 0.05) is 0 Å². The highest BCUT2D eigenvalue weighted by molar-refractivity contribution is 5.88. The number of rotatable bonds is 6. The van der Waals surface area contributed by atoms with Gasteiger partial charge in [-0.3, -0.25) is 14.8 Å². The summed E-state index contributed by atoms with van der Waals surface area (Å²) in [6.07, 6.45) is -1.32. The van der Waals surface area contributed by atoms with Gasteiger partial charge in [-0.25, -0.2) is 22.8 Å². The van der Waals surface area contributed by atoms with Crippen LogP contribution in [0.15, 0.2) is 36.7 Å². The van der Waals surface area contributed by atoms with Gasteiger partial charge in [0.1, 0.15) is 24.4 Å². The summed E-state index contributed by atoms with van der Waals surface area (Å²) in [4.78, 5) is 16.0. The number of anilines is 1. The Morgan fingerprint density at radius 1 is 1.23 bits per heavy atom. The summed E-state index contributed by atoms with van der Waals surface area (Å²) in [7, 11) is 0. The van der Waals surface area contributed by atoms with Crippen LogP contribution in [0.4, 0.5) is 19.1 Å². The Morgan fingerprint density at radius 2 is 1.96 bits per heavy atom. The molecule has 2 aromatic heterocycles. The lowest BCUT2D eigenvalue weighted by Crippen LogP contribution is -2.21. The molecule has 1 N–H and O–H groups in total. The molecule has 0 bridgehead atoms. The lowest BCUT2D eigenvalue weighted by atomic mass is 10.2. The summed E-state index contributed by atoms with van der Waals surface area (Å²) in [6.45, 7) is 1.54. The molecule has 0 fully saturated rings. The second kappa shape index (κ2) is 7.38. The first-order valence-electron chi connectivity index (χ1n) is 7.67. The van der Waals surface area contributed by atoms with E-state index in [4.69, 9.17) is 0 Å². The first kappa shape index (κ1) is 17.6. The Bertz CT molecular complexity index is 903. The van der Waals surface area contributed by atoms with Gasteiger partial charge in [0.15, 0.2) is 0 Å². The van der Waals surface area contributed by atoms with E-state index in [0.717, 1.165) is 10.2 Å². The van der Waals surface area contributed by atoms with Gasteiger partial charge in [0.05, 0.1) is 12.2 Å². The quantitative estimate of drug-likeness (QED) is 0.729. The Balaban J connectivity index is 1.62. The lowest BCUT2D eigenvalue weighted by Gasteiger charge is -2.06. The number of hydrogen-bond donors (Lipinski definition) is 1. The van der Waals surface area contributed by atoms with Crippen molar-refractivity contribution in [2.75, 3.05) is 5.32 Å². The summed E-state index contributed by atoms with van der Waals surface area (Å²) in [5.74, 6) is -0.869. The standard InChI is InChI=1S/C16H15F3N6O/c1-10-6-13(15(18)19)25(22-10)8-14(26)21-16-20-9-24(23-16)7-11-2-4-12(17)5-3-11/h2-6,9,15H,7-8H2,1H3,(H,21,23,26). The smallest absolute Gasteiger partial charge is 0.280 e. The minimum Gasteiger partial charge on any atom is -0.292 e. The molecule has 0 aliphatic carbocycles. The minimum atomic E-state index is -2.72. The molecule has 7 nitrogen and oxygen atoms in total. The maximum atomic E-state index is 12.9. The average molecular weight is 364 g/mol. The molecule has 0 atom stereocenters. The van der Waals surface area contributed by atoms with E-state index in [2.05, 4.69) is 20.5 Å². The Labute approximate surface area is 146 Å². The molecule has 0 aliphatic heterocycles. The van der Waals surface area contributed by atoms with Crippen LogP contribution in [0, 0.1) is 12.7 Å². The first-order chi connectivity index (χ1) is 12.4. The van der Waals surface area contributed by atoms with Crippen LogP contribution in [0.2, 0.25) is 0 Å². The number of carbonyl (C=O) groups is 1. The zero-order chi connectivity index (χ0) is 18.7. The predicted molar refractivity (Wildman–Crippen MR) is 86.1 cm³/mol. The van der Waals surface area contributed by atoms with Crippen LogP contribution >= 0.6 is 0 Å². The van der Waals surface area contributed by atoms with E-state index in [1.807, 2.05) is 0 Å². The van der Waals surface area contributed by atoms with Gasteiger partial charge >= 0.3 is 0 Å². The second-order valence-corrected chi connectivity index (χ2v) is 5.61. The SMILES string of the molecule is Cc1cc(C(F)F)n(CC(=O)Nc2ncn(Cc3ccc(F)cc3)n2)n1. The molecule has 3 rings (SSSR count). The topological polar surface area (TPSA) is 77.6 Å². The largest absolute Gasteiger partial charge is 0.292 e. The highest BCUT2D eigenvalue weighted by Gasteiger charge is 2.18. The molecule has 2 heterocycles. The van der Waals surface area contributed by atoms with E-state index in [1.54, 1.807) is 19.1 Å². The van der Waals surface area contributed by atoms with Crippen molar-refractivity contribution in [1.29, 1.82) is 0 Å². The number of halogens is 3. The summed E-state index contributed by atoms with van der Waals surface area (Å²) < 4.78 is 41.1. The molecule has 26 heavy (non-hydrogen) atoms. The normalized spacial score (nSPS) is 11.1. The van der Waals surface area contributed by atoms with Crippen molar-refractivity contribution in [3.63, 3.8) is 0 Å². The van der Waals surface area contributed by atoms with Crippen molar-refractivity contribution < 1.29 is 18.0 Å². The summed E-state index contributed by atoms with van der Waals surface area (Å²) in [5, 5.41) is 10.4. The van der Waals surface area contributed by atoms with Crippen LogP contribution in [0.3, 0.4) is 0 Å². The average Bonchev–Trinajstić information content (AvgIpc) is 3.16. The number of aromatic nitrogens is 5. The number of nitrogens with one attached hydrogen (secondary N) is 1. The molecule has 0 saturated heterocycles. The predicted octanol–water partition coefficient (Wildman–Crippen LogP) is 2.55. The van der Waals surface area contributed by atoms with E-state index in [-0.39, 0.29) is 24.0 Å². The van der Waals surface area contributed by atoms with Crippen LogP contribution in [-0.2, 0) is 17.9 Å². The van der Waals surface area contributed by atoms with Crippen LogP contribution in [-0.4, -0.2) is 30.5 Å². The van der Waals surface area contributed by atoms with Crippen molar-refractivity contribution in [2.45, 2.75) is 26.4 Å². The monoisotopic (exact) mass is 364 g/mol. The number of nitrogens with zero attached hydrogens (tertiary/aromatic N) is 5. The van der Waals surface area contributed by atoms with Crippen molar-refractivity contribution in [2.24, 2.45) is 0 Å². The van der Waals surface area contributed by atoms with E-state index in [0.29, 0.717) is 12.2 Å². The van der Waals surface area contributed by atoms with E-state index in [1.165, 1.54) is 29.2 Å². The first-order valence-corrected chi connectivity index (χ1v) is 7.67. The van der Waals surface area contributed by atoms with Gasteiger partial charge in [0.2, 0.25) is 11.9 Å². The van der Waals surface area contributed by atoms with Crippen LogP contribution in [0.1, 0.15) is 23.4 Å². The fourth-order valence-corrected chi connectivity index (χ4v) is 2.37. The Morgan fingerprint density at radius 3 is 2.65 bits per heavy atom. The van der Waals surface area contributed by atoms with E-state index >= 15 is 0 Å². The molecule has 0 saturated carbocycles. The number of aryl methyl sites for hydroxylation is 1. The molecule has 1 amide bonds. The second-order valence-electron chi connectivity index (χ2n) is 5.61. The van der Waals surface area contributed by atoms with Gasteiger partial charge in [-0.1, -0.05) is 12.1 Å². The van der Waals surface area contributed by atoms with Gasteiger partial charge < -0.3 is 0 Å². The number of amides is 1. The molecule has 0 aliphatic rings. The maximum Gasteiger partial charge on any atom is 0.280 e. The van der Waals surface area contributed by atoms with Crippen LogP contribution < -0.4 is 5.32 Å². The van der Waals surface area contributed by atoms with E-state index < -0.39 is 12.3 Å². The lowest BCUT2D eigenvalue weighted by molar-refractivity contribution is -0.117. The molecule has 0 radical (unpaired) electrons. The highest BCUT2D eigenvalue weighted by atomic mass is 19.3. The maximum absolute atomic E-state index is 12.9. The Kier molecular flexibility index (Phi) is 5.01. The fourth-order valence-electron chi connectivity index (χ4n) is 2.37. The Hall–Kier alpha value is -3.17. The van der Waals surface area contributed by atoms with Crippen LogP contribution in [0.5, 0.6) is 0 Å². The van der Waals surface area contributed by atoms with Crippen molar-refractivity contribution in [3.8, 4) is 0 Å². The highest BCUT2D eigenvalue weighted by Crippen LogP contribution is 2.19.